The number of ether oxygens (including phenoxy) is 2. The standard InChI is InChI=1S/C25H18F2N2O4/c26-17-7-5-15(6-8-17)22-23(28-18-9-10-20-21(13-18)33-12-11-32-20)25(31)29(24(22)30)14-16-3-1-2-4-19(16)27/h1-10,13,28H,11-12,14H2. The van der Waals surface area contributed by atoms with E-state index in [1.54, 1.807) is 24.3 Å². The zero-order valence-electron chi connectivity index (χ0n) is 17.3. The molecular weight excluding hydrogens is 430 g/mol. The van der Waals surface area contributed by atoms with Crippen molar-refractivity contribution in [3.63, 3.8) is 0 Å². The second-order valence-electron chi connectivity index (χ2n) is 7.53. The molecule has 6 nitrogen and oxygen atoms in total. The first-order valence-electron chi connectivity index (χ1n) is 10.3. The molecule has 0 spiro atoms. The van der Waals surface area contributed by atoms with E-state index in [0.29, 0.717) is 36.0 Å². The van der Waals surface area contributed by atoms with Crippen molar-refractivity contribution >= 4 is 23.1 Å². The maximum Gasteiger partial charge on any atom is 0.278 e. The maximum atomic E-state index is 14.2. The SMILES string of the molecule is O=C1C(Nc2ccc3c(c2)OCCO3)=C(c2ccc(F)cc2)C(=O)N1Cc1ccccc1F. The van der Waals surface area contributed by atoms with Crippen molar-refractivity contribution in [1.82, 2.24) is 4.90 Å². The van der Waals surface area contributed by atoms with E-state index in [0.717, 1.165) is 4.90 Å². The third-order valence-corrected chi connectivity index (χ3v) is 5.40. The molecule has 0 atom stereocenters. The summed E-state index contributed by atoms with van der Waals surface area (Å²) in [4.78, 5) is 27.6. The third kappa shape index (κ3) is 3.91. The molecule has 0 unspecified atom stereocenters. The van der Waals surface area contributed by atoms with Gasteiger partial charge in [-0.1, -0.05) is 30.3 Å². The number of rotatable bonds is 5. The zero-order chi connectivity index (χ0) is 22.9. The van der Waals surface area contributed by atoms with Gasteiger partial charge in [0.2, 0.25) is 0 Å². The highest BCUT2D eigenvalue weighted by molar-refractivity contribution is 6.36. The number of amides is 2. The minimum absolute atomic E-state index is 0.0135. The summed E-state index contributed by atoms with van der Waals surface area (Å²) in [6.07, 6.45) is 0. The van der Waals surface area contributed by atoms with Gasteiger partial charge in [-0.05, 0) is 35.9 Å². The highest BCUT2D eigenvalue weighted by Gasteiger charge is 2.39. The van der Waals surface area contributed by atoms with E-state index < -0.39 is 23.4 Å². The maximum absolute atomic E-state index is 14.2. The molecule has 3 aromatic rings. The van der Waals surface area contributed by atoms with Crippen molar-refractivity contribution in [1.29, 1.82) is 0 Å². The first kappa shape index (κ1) is 20.7. The van der Waals surface area contributed by atoms with Crippen molar-refractivity contribution < 1.29 is 27.8 Å². The number of halogens is 2. The molecule has 0 fully saturated rings. The van der Waals surface area contributed by atoms with E-state index in [9.17, 15) is 18.4 Å². The Morgan fingerprint density at radius 3 is 2.33 bits per heavy atom. The van der Waals surface area contributed by atoms with Crippen molar-refractivity contribution in [2.75, 3.05) is 18.5 Å². The molecule has 0 aliphatic carbocycles. The van der Waals surface area contributed by atoms with Crippen LogP contribution in [0.1, 0.15) is 11.1 Å². The molecule has 0 bridgehead atoms. The molecule has 2 heterocycles. The molecule has 2 aliphatic rings. The van der Waals surface area contributed by atoms with Crippen molar-refractivity contribution in [3.8, 4) is 11.5 Å². The average molecular weight is 448 g/mol. The summed E-state index contributed by atoms with van der Waals surface area (Å²) in [5.41, 5.74) is 1.16. The highest BCUT2D eigenvalue weighted by Crippen LogP contribution is 2.36. The Morgan fingerprint density at radius 2 is 1.58 bits per heavy atom. The summed E-state index contributed by atoms with van der Waals surface area (Å²) in [5, 5.41) is 3.01. The number of hydrogen-bond acceptors (Lipinski definition) is 5. The molecule has 0 radical (unpaired) electrons. The summed E-state index contributed by atoms with van der Waals surface area (Å²) in [6.45, 7) is 0.604. The number of hydrogen-bond donors (Lipinski definition) is 1. The number of benzene rings is 3. The van der Waals surface area contributed by atoms with Gasteiger partial charge >= 0.3 is 0 Å². The number of carbonyl (C=O) groups excluding carboxylic acids is 2. The molecular formula is C25H18F2N2O4. The number of carbonyl (C=O) groups is 2. The normalized spacial score (nSPS) is 15.3. The summed E-state index contributed by atoms with van der Waals surface area (Å²) in [7, 11) is 0. The average Bonchev–Trinajstić information content (AvgIpc) is 3.05. The monoisotopic (exact) mass is 448 g/mol. The molecule has 2 aliphatic heterocycles. The second kappa shape index (κ2) is 8.38. The summed E-state index contributed by atoms with van der Waals surface area (Å²) < 4.78 is 38.8. The summed E-state index contributed by atoms with van der Waals surface area (Å²) in [6, 6.07) is 16.3. The van der Waals surface area contributed by atoms with Gasteiger partial charge in [0.25, 0.3) is 11.8 Å². The Morgan fingerprint density at radius 1 is 0.848 bits per heavy atom. The molecule has 5 rings (SSSR count). The molecule has 0 aromatic heterocycles. The Balaban J connectivity index is 1.53. The fraction of sp³-hybridized carbons (Fsp3) is 0.120. The lowest BCUT2D eigenvalue weighted by Gasteiger charge is -2.19. The van der Waals surface area contributed by atoms with Crippen LogP contribution in [0, 0.1) is 11.6 Å². The van der Waals surface area contributed by atoms with Crippen LogP contribution in [0.2, 0.25) is 0 Å². The fourth-order valence-electron chi connectivity index (χ4n) is 3.78. The molecule has 0 saturated heterocycles. The Bertz CT molecular complexity index is 1290. The number of imide groups is 1. The molecule has 0 saturated carbocycles. The minimum atomic E-state index is -0.613. The first-order valence-corrected chi connectivity index (χ1v) is 10.3. The zero-order valence-corrected chi connectivity index (χ0v) is 17.3. The lowest BCUT2D eigenvalue weighted by Crippen LogP contribution is -2.32. The number of fused-ring (bicyclic) bond motifs is 1. The topological polar surface area (TPSA) is 67.9 Å². The Labute approximate surface area is 188 Å². The van der Waals surface area contributed by atoms with Gasteiger partial charge in [0.05, 0.1) is 12.1 Å². The number of anilines is 1. The molecule has 3 aromatic carbocycles. The first-order chi connectivity index (χ1) is 16.0. The van der Waals surface area contributed by atoms with Crippen molar-refractivity contribution in [2.45, 2.75) is 6.54 Å². The van der Waals surface area contributed by atoms with Crippen LogP contribution in [0.15, 0.2) is 72.4 Å². The summed E-state index contributed by atoms with van der Waals surface area (Å²) >= 11 is 0. The van der Waals surface area contributed by atoms with E-state index in [-0.39, 0.29) is 23.4 Å². The van der Waals surface area contributed by atoms with Crippen LogP contribution in [-0.2, 0) is 16.1 Å². The van der Waals surface area contributed by atoms with Crippen LogP contribution >= 0.6 is 0 Å². The van der Waals surface area contributed by atoms with Gasteiger partial charge in [0, 0.05) is 17.3 Å². The fourth-order valence-corrected chi connectivity index (χ4v) is 3.78. The van der Waals surface area contributed by atoms with Gasteiger partial charge in [-0.15, -0.1) is 0 Å². The largest absolute Gasteiger partial charge is 0.486 e. The van der Waals surface area contributed by atoms with E-state index in [4.69, 9.17) is 9.47 Å². The van der Waals surface area contributed by atoms with Crippen LogP contribution < -0.4 is 14.8 Å². The molecule has 33 heavy (non-hydrogen) atoms. The van der Waals surface area contributed by atoms with E-state index in [1.807, 2.05) is 0 Å². The van der Waals surface area contributed by atoms with Crippen LogP contribution in [0.25, 0.3) is 5.57 Å². The number of nitrogens with one attached hydrogen (secondary N) is 1. The van der Waals surface area contributed by atoms with Crippen molar-refractivity contribution in [3.05, 3.63) is 95.2 Å². The second-order valence-corrected chi connectivity index (χ2v) is 7.53. The van der Waals surface area contributed by atoms with E-state index in [1.165, 1.54) is 42.5 Å². The van der Waals surface area contributed by atoms with Gasteiger partial charge < -0.3 is 14.8 Å². The summed E-state index contributed by atoms with van der Waals surface area (Å²) in [5.74, 6) is -1.12. The van der Waals surface area contributed by atoms with Gasteiger partial charge in [-0.2, -0.15) is 0 Å². The van der Waals surface area contributed by atoms with E-state index in [2.05, 4.69) is 5.32 Å². The Kier molecular flexibility index (Phi) is 5.26. The molecule has 2 amide bonds. The minimum Gasteiger partial charge on any atom is -0.486 e. The van der Waals surface area contributed by atoms with Crippen LogP contribution in [0.3, 0.4) is 0 Å². The third-order valence-electron chi connectivity index (χ3n) is 5.40. The smallest absolute Gasteiger partial charge is 0.278 e. The van der Waals surface area contributed by atoms with Crippen LogP contribution in [-0.4, -0.2) is 29.9 Å². The lowest BCUT2D eigenvalue weighted by molar-refractivity contribution is -0.137. The van der Waals surface area contributed by atoms with Gasteiger partial charge in [-0.3, -0.25) is 14.5 Å². The molecule has 1 N–H and O–H groups in total. The van der Waals surface area contributed by atoms with Gasteiger partial charge in [-0.25, -0.2) is 8.78 Å². The Hall–Kier alpha value is -4.20. The number of nitrogens with zero attached hydrogens (tertiary/aromatic N) is 1. The molecule has 8 heteroatoms. The van der Waals surface area contributed by atoms with Gasteiger partial charge in [0.15, 0.2) is 11.5 Å². The quantitative estimate of drug-likeness (QED) is 0.595. The highest BCUT2D eigenvalue weighted by atomic mass is 19.1. The lowest BCUT2D eigenvalue weighted by atomic mass is 10.0. The van der Waals surface area contributed by atoms with Crippen LogP contribution in [0.4, 0.5) is 14.5 Å². The van der Waals surface area contributed by atoms with Crippen molar-refractivity contribution in [2.24, 2.45) is 0 Å². The van der Waals surface area contributed by atoms with Crippen LogP contribution in [0.5, 0.6) is 11.5 Å². The predicted molar refractivity (Wildman–Crippen MR) is 116 cm³/mol. The molecule has 166 valence electrons. The predicted octanol–water partition coefficient (Wildman–Crippen LogP) is 4.13. The van der Waals surface area contributed by atoms with E-state index >= 15 is 0 Å². The van der Waals surface area contributed by atoms with Gasteiger partial charge in [0.1, 0.15) is 30.5 Å².